The smallest absolute Gasteiger partial charge is 0.323 e. The van der Waals surface area contributed by atoms with Gasteiger partial charge < -0.3 is 10.5 Å². The number of esters is 1. The van der Waals surface area contributed by atoms with Crippen LogP contribution in [-0.4, -0.2) is 17.6 Å². The Balaban J connectivity index is 2.69. The fourth-order valence-electron chi connectivity index (χ4n) is 1.38. The number of ether oxygens (including phenoxy) is 1. The van der Waals surface area contributed by atoms with Gasteiger partial charge in [0.25, 0.3) is 0 Å². The minimum atomic E-state index is -0.861. The molecule has 0 amide bonds. The number of nitrogens with two attached hydrogens (primary N) is 1. The van der Waals surface area contributed by atoms with Crippen LogP contribution in [0, 0.1) is 5.82 Å². The van der Waals surface area contributed by atoms with E-state index in [4.69, 9.17) is 10.5 Å². The lowest BCUT2D eigenvalue weighted by atomic mass is 10.1. The number of hydrogen-bond donors (Lipinski definition) is 1. The topological polar surface area (TPSA) is 52.3 Å². The van der Waals surface area contributed by atoms with Gasteiger partial charge in [0, 0.05) is 10.9 Å². The standard InChI is InChI=1S/C13H17BrFNO2/c1-13(2,3)18-12(17)11(16)6-8-4-5-9(14)7-10(8)15/h4-5,7,11H,6,16H2,1-3H3. The first-order valence-electron chi connectivity index (χ1n) is 5.61. The van der Waals surface area contributed by atoms with Crippen molar-refractivity contribution < 1.29 is 13.9 Å². The van der Waals surface area contributed by atoms with Crippen molar-refractivity contribution in [2.75, 3.05) is 0 Å². The molecule has 0 fully saturated rings. The zero-order valence-corrected chi connectivity index (χ0v) is 12.3. The van der Waals surface area contributed by atoms with Crippen LogP contribution in [0.25, 0.3) is 0 Å². The SMILES string of the molecule is CC(C)(C)OC(=O)C(N)Cc1ccc(Br)cc1F. The molecule has 0 spiro atoms. The molecule has 0 saturated carbocycles. The number of carbonyl (C=O) groups is 1. The summed E-state index contributed by atoms with van der Waals surface area (Å²) in [5, 5.41) is 0. The van der Waals surface area contributed by atoms with Gasteiger partial charge in [0.05, 0.1) is 0 Å². The van der Waals surface area contributed by atoms with E-state index in [2.05, 4.69) is 15.9 Å². The maximum absolute atomic E-state index is 13.6. The summed E-state index contributed by atoms with van der Waals surface area (Å²) in [7, 11) is 0. The molecule has 1 aromatic carbocycles. The number of hydrogen-bond acceptors (Lipinski definition) is 3. The Bertz CT molecular complexity index is 443. The Kier molecular flexibility index (Phi) is 4.87. The molecular weight excluding hydrogens is 301 g/mol. The Hall–Kier alpha value is -0.940. The van der Waals surface area contributed by atoms with E-state index in [0.717, 1.165) is 0 Å². The number of rotatable bonds is 3. The van der Waals surface area contributed by atoms with Crippen LogP contribution in [0.2, 0.25) is 0 Å². The summed E-state index contributed by atoms with van der Waals surface area (Å²) >= 11 is 3.17. The molecule has 0 aliphatic rings. The molecule has 1 unspecified atom stereocenters. The number of carbonyl (C=O) groups excluding carboxylic acids is 1. The van der Waals surface area contributed by atoms with Gasteiger partial charge in [-0.15, -0.1) is 0 Å². The fraction of sp³-hybridized carbons (Fsp3) is 0.462. The first-order valence-corrected chi connectivity index (χ1v) is 6.41. The molecule has 0 bridgehead atoms. The predicted octanol–water partition coefficient (Wildman–Crippen LogP) is 2.80. The highest BCUT2D eigenvalue weighted by atomic mass is 79.9. The van der Waals surface area contributed by atoms with Crippen LogP contribution in [-0.2, 0) is 16.0 Å². The molecule has 1 atom stereocenters. The summed E-state index contributed by atoms with van der Waals surface area (Å²) in [4.78, 5) is 11.7. The lowest BCUT2D eigenvalue weighted by molar-refractivity contribution is -0.156. The average Bonchev–Trinajstić information content (AvgIpc) is 2.19. The molecule has 0 saturated heterocycles. The predicted molar refractivity (Wildman–Crippen MR) is 71.6 cm³/mol. The van der Waals surface area contributed by atoms with Gasteiger partial charge in [0.1, 0.15) is 17.5 Å². The summed E-state index contributed by atoms with van der Waals surface area (Å²) in [5.74, 6) is -0.909. The minimum Gasteiger partial charge on any atom is -0.459 e. The summed E-state index contributed by atoms with van der Waals surface area (Å²) in [6.07, 6.45) is 0.119. The van der Waals surface area contributed by atoms with Crippen molar-refractivity contribution >= 4 is 21.9 Å². The second-order valence-electron chi connectivity index (χ2n) is 5.08. The molecular formula is C13H17BrFNO2. The van der Waals surface area contributed by atoms with Gasteiger partial charge in [-0.05, 0) is 38.5 Å². The summed E-state index contributed by atoms with van der Waals surface area (Å²) in [6, 6.07) is 3.79. The number of benzene rings is 1. The van der Waals surface area contributed by atoms with Crippen molar-refractivity contribution in [3.8, 4) is 0 Å². The van der Waals surface area contributed by atoms with Crippen LogP contribution < -0.4 is 5.73 Å². The molecule has 3 nitrogen and oxygen atoms in total. The van der Waals surface area contributed by atoms with Crippen molar-refractivity contribution in [3.63, 3.8) is 0 Å². The molecule has 1 rings (SSSR count). The Labute approximate surface area is 115 Å². The highest BCUT2D eigenvalue weighted by molar-refractivity contribution is 9.10. The zero-order chi connectivity index (χ0) is 13.9. The second-order valence-corrected chi connectivity index (χ2v) is 6.00. The fourth-order valence-corrected chi connectivity index (χ4v) is 1.72. The third-order valence-corrected chi connectivity index (χ3v) is 2.66. The van der Waals surface area contributed by atoms with E-state index in [1.165, 1.54) is 6.07 Å². The van der Waals surface area contributed by atoms with E-state index in [1.54, 1.807) is 32.9 Å². The van der Waals surface area contributed by atoms with E-state index in [1.807, 2.05) is 0 Å². The lowest BCUT2D eigenvalue weighted by Crippen LogP contribution is -2.39. The maximum atomic E-state index is 13.6. The van der Waals surface area contributed by atoms with Crippen molar-refractivity contribution in [2.24, 2.45) is 5.73 Å². The molecule has 18 heavy (non-hydrogen) atoms. The quantitative estimate of drug-likeness (QED) is 0.872. The Morgan fingerprint density at radius 1 is 1.50 bits per heavy atom. The molecule has 2 N–H and O–H groups in total. The van der Waals surface area contributed by atoms with E-state index >= 15 is 0 Å². The highest BCUT2D eigenvalue weighted by Crippen LogP contribution is 2.17. The van der Waals surface area contributed by atoms with Gasteiger partial charge in [-0.25, -0.2) is 4.39 Å². The van der Waals surface area contributed by atoms with Crippen LogP contribution in [0.5, 0.6) is 0 Å². The van der Waals surface area contributed by atoms with Gasteiger partial charge in [0.15, 0.2) is 0 Å². The molecule has 0 radical (unpaired) electrons. The van der Waals surface area contributed by atoms with E-state index in [-0.39, 0.29) is 12.2 Å². The van der Waals surface area contributed by atoms with Gasteiger partial charge >= 0.3 is 5.97 Å². The van der Waals surface area contributed by atoms with Crippen molar-refractivity contribution in [1.82, 2.24) is 0 Å². The van der Waals surface area contributed by atoms with E-state index in [0.29, 0.717) is 10.0 Å². The second kappa shape index (κ2) is 5.80. The Morgan fingerprint density at radius 3 is 2.61 bits per heavy atom. The first-order chi connectivity index (χ1) is 8.19. The third kappa shape index (κ3) is 4.74. The Morgan fingerprint density at radius 2 is 2.11 bits per heavy atom. The largest absolute Gasteiger partial charge is 0.459 e. The van der Waals surface area contributed by atoms with Crippen molar-refractivity contribution in [1.29, 1.82) is 0 Å². The van der Waals surface area contributed by atoms with Gasteiger partial charge in [-0.1, -0.05) is 22.0 Å². The average molecular weight is 318 g/mol. The molecule has 0 aromatic heterocycles. The van der Waals surface area contributed by atoms with Crippen LogP contribution in [0.4, 0.5) is 4.39 Å². The van der Waals surface area contributed by atoms with Gasteiger partial charge in [-0.2, -0.15) is 0 Å². The number of halogens is 2. The van der Waals surface area contributed by atoms with Gasteiger partial charge in [0.2, 0.25) is 0 Å². The van der Waals surface area contributed by atoms with Crippen LogP contribution in [0.1, 0.15) is 26.3 Å². The summed E-state index contributed by atoms with van der Waals surface area (Å²) in [6.45, 7) is 5.29. The third-order valence-electron chi connectivity index (χ3n) is 2.16. The van der Waals surface area contributed by atoms with Crippen LogP contribution in [0.15, 0.2) is 22.7 Å². The zero-order valence-electron chi connectivity index (χ0n) is 10.7. The molecule has 100 valence electrons. The maximum Gasteiger partial charge on any atom is 0.323 e. The van der Waals surface area contributed by atoms with Gasteiger partial charge in [-0.3, -0.25) is 4.79 Å². The molecule has 0 aliphatic carbocycles. The lowest BCUT2D eigenvalue weighted by Gasteiger charge is -2.22. The highest BCUT2D eigenvalue weighted by Gasteiger charge is 2.23. The minimum absolute atomic E-state index is 0.119. The normalized spacial score (nSPS) is 13.2. The molecule has 0 heterocycles. The summed E-state index contributed by atoms with van der Waals surface area (Å²) < 4.78 is 19.4. The van der Waals surface area contributed by atoms with Crippen LogP contribution in [0.3, 0.4) is 0 Å². The summed E-state index contributed by atoms with van der Waals surface area (Å²) in [5.41, 5.74) is 5.52. The molecule has 0 aliphatic heterocycles. The first kappa shape index (κ1) is 15.1. The van der Waals surface area contributed by atoms with Crippen molar-refractivity contribution in [2.45, 2.75) is 38.8 Å². The van der Waals surface area contributed by atoms with Crippen molar-refractivity contribution in [3.05, 3.63) is 34.1 Å². The van der Waals surface area contributed by atoms with E-state index in [9.17, 15) is 9.18 Å². The van der Waals surface area contributed by atoms with Crippen LogP contribution >= 0.6 is 15.9 Å². The molecule has 1 aromatic rings. The van der Waals surface area contributed by atoms with E-state index < -0.39 is 17.6 Å². The molecule has 5 heteroatoms. The monoisotopic (exact) mass is 317 g/mol.